The van der Waals surface area contributed by atoms with Gasteiger partial charge in [0.2, 0.25) is 0 Å². The van der Waals surface area contributed by atoms with Gasteiger partial charge in [0.25, 0.3) is 0 Å². The summed E-state index contributed by atoms with van der Waals surface area (Å²) in [5.41, 5.74) is -0.500. The van der Waals surface area contributed by atoms with E-state index in [-0.39, 0.29) is 18.6 Å². The molecule has 0 saturated carbocycles. The molecule has 0 heterocycles. The van der Waals surface area contributed by atoms with E-state index < -0.39 is 11.7 Å². The summed E-state index contributed by atoms with van der Waals surface area (Å²) in [7, 11) is 0. The van der Waals surface area contributed by atoms with E-state index in [2.05, 4.69) is 5.32 Å². The van der Waals surface area contributed by atoms with E-state index >= 15 is 0 Å². The summed E-state index contributed by atoms with van der Waals surface area (Å²) in [5.74, 6) is 0.238. The van der Waals surface area contributed by atoms with Gasteiger partial charge in [0.1, 0.15) is 5.60 Å². The minimum absolute atomic E-state index is 0.0613. The summed E-state index contributed by atoms with van der Waals surface area (Å²) in [6.45, 7) is 9.37. The number of aliphatic hydroxyl groups is 1. The molecule has 0 radical (unpaired) electrons. The van der Waals surface area contributed by atoms with Crippen LogP contribution in [0.1, 0.15) is 41.0 Å². The van der Waals surface area contributed by atoms with Crippen LogP contribution in [-0.4, -0.2) is 29.4 Å². The van der Waals surface area contributed by atoms with Crippen LogP contribution in [0.2, 0.25) is 0 Å². The fraction of sp³-hybridized carbons (Fsp3) is 0.909. The highest BCUT2D eigenvalue weighted by molar-refractivity contribution is 5.68. The van der Waals surface area contributed by atoms with Crippen LogP contribution < -0.4 is 5.32 Å². The first-order valence-corrected chi connectivity index (χ1v) is 5.40. The highest BCUT2D eigenvalue weighted by Gasteiger charge is 2.21. The summed E-state index contributed by atoms with van der Waals surface area (Å²) in [6, 6.07) is -0.232. The van der Waals surface area contributed by atoms with Crippen LogP contribution in [0.4, 0.5) is 4.79 Å². The molecule has 4 heteroatoms. The molecule has 2 atom stereocenters. The minimum Gasteiger partial charge on any atom is -0.444 e. The Kier molecular flexibility index (Phi) is 5.65. The second-order valence-electron chi connectivity index (χ2n) is 4.82. The average molecular weight is 217 g/mol. The van der Waals surface area contributed by atoms with E-state index in [0.717, 1.165) is 6.42 Å². The number of hydrogen-bond donors (Lipinski definition) is 2. The van der Waals surface area contributed by atoms with Crippen LogP contribution >= 0.6 is 0 Å². The van der Waals surface area contributed by atoms with Crippen LogP contribution in [0.25, 0.3) is 0 Å². The molecule has 0 saturated heterocycles. The Hall–Kier alpha value is -0.770. The maximum Gasteiger partial charge on any atom is 0.407 e. The summed E-state index contributed by atoms with van der Waals surface area (Å²) < 4.78 is 5.10. The van der Waals surface area contributed by atoms with Crippen molar-refractivity contribution in [2.24, 2.45) is 5.92 Å². The Morgan fingerprint density at radius 3 is 2.33 bits per heavy atom. The van der Waals surface area contributed by atoms with Crippen LogP contribution in [0.5, 0.6) is 0 Å². The second kappa shape index (κ2) is 5.95. The molecule has 0 unspecified atom stereocenters. The molecule has 90 valence electrons. The van der Waals surface area contributed by atoms with Crippen molar-refractivity contribution in [2.45, 2.75) is 52.7 Å². The van der Waals surface area contributed by atoms with Crippen LogP contribution in [0, 0.1) is 5.92 Å². The number of ether oxygens (including phenoxy) is 1. The fourth-order valence-corrected chi connectivity index (χ4v) is 1.11. The molecule has 15 heavy (non-hydrogen) atoms. The average Bonchev–Trinajstić information content (AvgIpc) is 2.10. The van der Waals surface area contributed by atoms with E-state index in [1.807, 2.05) is 34.6 Å². The highest BCUT2D eigenvalue weighted by Crippen LogP contribution is 2.10. The molecule has 0 aromatic carbocycles. The van der Waals surface area contributed by atoms with Gasteiger partial charge in [-0.1, -0.05) is 20.3 Å². The molecule has 0 aromatic heterocycles. The number of nitrogens with one attached hydrogen (secondary N) is 1. The molecule has 0 bridgehead atoms. The lowest BCUT2D eigenvalue weighted by Gasteiger charge is -2.25. The normalized spacial score (nSPS) is 15.6. The third-order valence-corrected chi connectivity index (χ3v) is 2.23. The molecule has 2 N–H and O–H groups in total. The Labute approximate surface area is 92.0 Å². The maximum atomic E-state index is 11.4. The molecule has 0 aliphatic rings. The lowest BCUT2D eigenvalue weighted by atomic mass is 10.0. The van der Waals surface area contributed by atoms with Crippen molar-refractivity contribution < 1.29 is 14.6 Å². The van der Waals surface area contributed by atoms with Gasteiger partial charge < -0.3 is 15.2 Å². The molecular weight excluding hydrogens is 194 g/mol. The summed E-state index contributed by atoms with van der Waals surface area (Å²) in [6.07, 6.45) is 0.433. The largest absolute Gasteiger partial charge is 0.444 e. The Morgan fingerprint density at radius 2 is 2.00 bits per heavy atom. The van der Waals surface area contributed by atoms with Gasteiger partial charge in [-0.05, 0) is 26.7 Å². The van der Waals surface area contributed by atoms with E-state index in [1.165, 1.54) is 0 Å². The second-order valence-corrected chi connectivity index (χ2v) is 4.82. The van der Waals surface area contributed by atoms with Gasteiger partial charge in [0.15, 0.2) is 0 Å². The van der Waals surface area contributed by atoms with Crippen molar-refractivity contribution in [3.8, 4) is 0 Å². The zero-order valence-electron chi connectivity index (χ0n) is 10.3. The molecule has 0 aliphatic heterocycles. The van der Waals surface area contributed by atoms with E-state index in [1.54, 1.807) is 0 Å². The zero-order valence-corrected chi connectivity index (χ0v) is 10.3. The molecular formula is C11H23NO3. The van der Waals surface area contributed by atoms with Gasteiger partial charge in [0, 0.05) is 0 Å². The minimum atomic E-state index is -0.500. The predicted octanol–water partition coefficient (Wildman–Crippen LogP) is 1.92. The molecule has 4 nitrogen and oxygen atoms in total. The predicted molar refractivity (Wildman–Crippen MR) is 59.7 cm³/mol. The van der Waals surface area contributed by atoms with E-state index in [4.69, 9.17) is 9.84 Å². The third kappa shape index (κ3) is 6.33. The smallest absolute Gasteiger partial charge is 0.407 e. The van der Waals surface area contributed by atoms with E-state index in [0.29, 0.717) is 0 Å². The Morgan fingerprint density at radius 1 is 1.47 bits per heavy atom. The fourth-order valence-electron chi connectivity index (χ4n) is 1.11. The number of carbonyl (C=O) groups is 1. The lowest BCUT2D eigenvalue weighted by molar-refractivity contribution is 0.0457. The topological polar surface area (TPSA) is 58.6 Å². The highest BCUT2D eigenvalue weighted by atomic mass is 16.6. The monoisotopic (exact) mass is 217 g/mol. The first kappa shape index (κ1) is 14.2. The standard InChI is InChI=1S/C11H23NO3/c1-6-8(2)9(7-13)12-10(14)15-11(3,4)5/h8-9,13H,6-7H2,1-5H3,(H,12,14)/t8-,9+/m0/s1. The molecule has 1 amide bonds. The van der Waals surface area contributed by atoms with Gasteiger partial charge in [-0.2, -0.15) is 0 Å². The summed E-state index contributed by atoms with van der Waals surface area (Å²) in [5, 5.41) is 11.8. The molecule has 0 aromatic rings. The number of alkyl carbamates (subject to hydrolysis) is 1. The molecule has 0 spiro atoms. The number of amides is 1. The SMILES string of the molecule is CC[C@H](C)[C@@H](CO)NC(=O)OC(C)(C)C. The first-order chi connectivity index (χ1) is 6.80. The molecule has 0 fully saturated rings. The van der Waals surface area contributed by atoms with E-state index in [9.17, 15) is 4.79 Å². The number of rotatable bonds is 4. The van der Waals surface area contributed by atoms with Gasteiger partial charge in [-0.3, -0.25) is 0 Å². The lowest BCUT2D eigenvalue weighted by Crippen LogP contribution is -2.44. The van der Waals surface area contributed by atoms with Crippen molar-refractivity contribution in [3.63, 3.8) is 0 Å². The van der Waals surface area contributed by atoms with Gasteiger partial charge in [0.05, 0.1) is 12.6 Å². The van der Waals surface area contributed by atoms with Crippen molar-refractivity contribution in [2.75, 3.05) is 6.61 Å². The third-order valence-electron chi connectivity index (χ3n) is 2.23. The van der Waals surface area contributed by atoms with Crippen LogP contribution in [0.15, 0.2) is 0 Å². The first-order valence-electron chi connectivity index (χ1n) is 5.40. The van der Waals surface area contributed by atoms with Crippen molar-refractivity contribution in [3.05, 3.63) is 0 Å². The van der Waals surface area contributed by atoms with Gasteiger partial charge in [-0.25, -0.2) is 4.79 Å². The van der Waals surface area contributed by atoms with Crippen molar-refractivity contribution in [1.82, 2.24) is 5.32 Å². The van der Waals surface area contributed by atoms with Crippen molar-refractivity contribution >= 4 is 6.09 Å². The molecule has 0 aliphatic carbocycles. The summed E-state index contributed by atoms with van der Waals surface area (Å²) >= 11 is 0. The quantitative estimate of drug-likeness (QED) is 0.756. The van der Waals surface area contributed by atoms with Crippen LogP contribution in [-0.2, 0) is 4.74 Å². The Bertz CT molecular complexity index is 198. The number of aliphatic hydroxyl groups excluding tert-OH is 1. The van der Waals surface area contributed by atoms with Crippen LogP contribution in [0.3, 0.4) is 0 Å². The number of hydrogen-bond acceptors (Lipinski definition) is 3. The Balaban J connectivity index is 4.13. The number of carbonyl (C=O) groups excluding carboxylic acids is 1. The van der Waals surface area contributed by atoms with Gasteiger partial charge in [-0.15, -0.1) is 0 Å². The molecule has 0 rings (SSSR count). The van der Waals surface area contributed by atoms with Gasteiger partial charge >= 0.3 is 6.09 Å². The maximum absolute atomic E-state index is 11.4. The summed E-state index contributed by atoms with van der Waals surface area (Å²) in [4.78, 5) is 11.4. The zero-order chi connectivity index (χ0) is 12.1. The van der Waals surface area contributed by atoms with Crippen molar-refractivity contribution in [1.29, 1.82) is 0 Å².